The van der Waals surface area contributed by atoms with E-state index in [9.17, 15) is 9.59 Å². The highest BCUT2D eigenvalue weighted by molar-refractivity contribution is 6.35. The van der Waals surface area contributed by atoms with Crippen molar-refractivity contribution >= 4 is 47.1 Å². The number of nitrogens with zero attached hydrogens (tertiary/aromatic N) is 2. The fourth-order valence-electron chi connectivity index (χ4n) is 2.08. The molecule has 0 unspecified atom stereocenters. The van der Waals surface area contributed by atoms with E-state index in [4.69, 9.17) is 49.8 Å². The summed E-state index contributed by atoms with van der Waals surface area (Å²) in [5.41, 5.74) is 14.0. The number of carbonyl (C=O) groups excluding carboxylic acids is 2. The number of methoxy groups -OCH3 is 1. The van der Waals surface area contributed by atoms with Gasteiger partial charge in [0.2, 0.25) is 11.9 Å². The van der Waals surface area contributed by atoms with Crippen molar-refractivity contribution in [3.63, 3.8) is 0 Å². The van der Waals surface area contributed by atoms with Gasteiger partial charge in [-0.15, -0.1) is 5.10 Å². The minimum atomic E-state index is -0.812. The first kappa shape index (κ1) is 23.7. The number of guanidine groups is 2. The van der Waals surface area contributed by atoms with Crippen LogP contribution in [-0.2, 0) is 21.0 Å². The third-order valence-corrected chi connectivity index (χ3v) is 4.30. The number of hydrazone groups is 1. The molecule has 2 aromatic rings. The first-order valence-corrected chi connectivity index (χ1v) is 9.18. The number of esters is 1. The summed E-state index contributed by atoms with van der Waals surface area (Å²) in [7, 11) is 1.24. The zero-order valence-corrected chi connectivity index (χ0v) is 17.6. The third kappa shape index (κ3) is 6.74. The number of benzene rings is 2. The zero-order valence-electron chi connectivity index (χ0n) is 16.1. The van der Waals surface area contributed by atoms with E-state index in [2.05, 4.69) is 15.3 Å². The standard InChI is InChI=1S/C18H18Cl2N6O5/c1-29-15(27)10-5-7-11(8-6-10)16(28)31-25-18(23)24-26(17(21)22)30-9-12-13(19)3-2-4-14(12)20/h2-8H,9H2,1H3,(H3,21,22)(H3,23,24,25). The quantitative estimate of drug-likeness (QED) is 0.214. The molecule has 2 rings (SSSR count). The number of hydrogen-bond acceptors (Lipinski definition) is 7. The SMILES string of the molecule is COC(=O)c1ccc(C(=O)ONC(N)=NN(OCc2c(Cl)cccc2Cl)C(=N)N)cc1. The van der Waals surface area contributed by atoms with Crippen LogP contribution in [-0.4, -0.2) is 36.1 Å². The molecule has 0 heterocycles. The summed E-state index contributed by atoms with van der Waals surface area (Å²) >= 11 is 12.1. The lowest BCUT2D eigenvalue weighted by Gasteiger charge is -2.17. The van der Waals surface area contributed by atoms with Crippen molar-refractivity contribution in [2.45, 2.75) is 6.61 Å². The van der Waals surface area contributed by atoms with Gasteiger partial charge in [0.05, 0.1) is 18.2 Å². The van der Waals surface area contributed by atoms with Gasteiger partial charge in [-0.3, -0.25) is 5.41 Å². The molecular formula is C18H18Cl2N6O5. The predicted molar refractivity (Wildman–Crippen MR) is 113 cm³/mol. The van der Waals surface area contributed by atoms with Gasteiger partial charge in [0.1, 0.15) is 6.61 Å². The number of hydrogen-bond donors (Lipinski definition) is 4. The van der Waals surface area contributed by atoms with Crippen LogP contribution in [0.4, 0.5) is 0 Å². The number of rotatable bonds is 6. The van der Waals surface area contributed by atoms with Gasteiger partial charge < -0.3 is 21.0 Å². The van der Waals surface area contributed by atoms with Crippen LogP contribution in [0, 0.1) is 5.41 Å². The average molecular weight is 469 g/mol. The molecule has 6 N–H and O–H groups in total. The minimum absolute atomic E-state index is 0.126. The largest absolute Gasteiger partial charge is 0.465 e. The third-order valence-electron chi connectivity index (χ3n) is 3.59. The molecule has 31 heavy (non-hydrogen) atoms. The van der Waals surface area contributed by atoms with Gasteiger partial charge >= 0.3 is 11.9 Å². The van der Waals surface area contributed by atoms with Gasteiger partial charge in [-0.25, -0.2) is 14.4 Å². The van der Waals surface area contributed by atoms with Crippen molar-refractivity contribution in [2.24, 2.45) is 16.6 Å². The Morgan fingerprint density at radius 2 is 1.61 bits per heavy atom. The van der Waals surface area contributed by atoms with Crippen molar-refractivity contribution in [2.75, 3.05) is 7.11 Å². The fourth-order valence-corrected chi connectivity index (χ4v) is 2.59. The van der Waals surface area contributed by atoms with Crippen molar-refractivity contribution in [3.05, 3.63) is 69.2 Å². The van der Waals surface area contributed by atoms with E-state index in [1.54, 1.807) is 18.2 Å². The molecule has 0 atom stereocenters. The van der Waals surface area contributed by atoms with E-state index in [1.807, 2.05) is 0 Å². The van der Waals surface area contributed by atoms with Crippen LogP contribution in [0.15, 0.2) is 47.6 Å². The molecular weight excluding hydrogens is 451 g/mol. The van der Waals surface area contributed by atoms with Crippen LogP contribution >= 0.6 is 23.2 Å². The number of nitrogens with two attached hydrogens (primary N) is 2. The maximum Gasteiger partial charge on any atom is 0.362 e. The number of hydroxylamine groups is 2. The highest BCUT2D eigenvalue weighted by Gasteiger charge is 2.14. The summed E-state index contributed by atoms with van der Waals surface area (Å²) in [5.74, 6) is -2.41. The Balaban J connectivity index is 1.97. The smallest absolute Gasteiger partial charge is 0.362 e. The first-order valence-electron chi connectivity index (χ1n) is 8.42. The van der Waals surface area contributed by atoms with Crippen LogP contribution in [0.5, 0.6) is 0 Å². The summed E-state index contributed by atoms with van der Waals surface area (Å²) in [6, 6.07) is 10.4. The lowest BCUT2D eigenvalue weighted by Crippen LogP contribution is -2.40. The predicted octanol–water partition coefficient (Wildman–Crippen LogP) is 2.00. The Labute approximate surface area is 186 Å². The lowest BCUT2D eigenvalue weighted by molar-refractivity contribution is -0.113. The lowest BCUT2D eigenvalue weighted by atomic mass is 10.1. The molecule has 0 aromatic heterocycles. The highest BCUT2D eigenvalue weighted by Crippen LogP contribution is 2.25. The molecule has 0 radical (unpaired) electrons. The Morgan fingerprint density at radius 1 is 1.06 bits per heavy atom. The highest BCUT2D eigenvalue weighted by atomic mass is 35.5. The second-order valence-electron chi connectivity index (χ2n) is 5.68. The van der Waals surface area contributed by atoms with Gasteiger partial charge in [-0.1, -0.05) is 34.4 Å². The Bertz CT molecular complexity index is 979. The molecule has 0 amide bonds. The molecule has 0 aliphatic rings. The summed E-state index contributed by atoms with van der Waals surface area (Å²) < 4.78 is 4.57. The Hall–Kier alpha value is -3.54. The van der Waals surface area contributed by atoms with E-state index in [0.29, 0.717) is 20.8 Å². The van der Waals surface area contributed by atoms with E-state index >= 15 is 0 Å². The van der Waals surface area contributed by atoms with E-state index in [-0.39, 0.29) is 17.7 Å². The van der Waals surface area contributed by atoms with Crippen LogP contribution in [0.2, 0.25) is 10.0 Å². The maximum absolute atomic E-state index is 12.1. The van der Waals surface area contributed by atoms with Gasteiger partial charge in [0, 0.05) is 15.6 Å². The molecule has 0 aliphatic carbocycles. The zero-order chi connectivity index (χ0) is 23.0. The molecule has 0 fully saturated rings. The van der Waals surface area contributed by atoms with E-state index < -0.39 is 23.9 Å². The first-order chi connectivity index (χ1) is 14.7. The van der Waals surface area contributed by atoms with Crippen molar-refractivity contribution in [1.82, 2.24) is 10.7 Å². The van der Waals surface area contributed by atoms with Gasteiger partial charge in [0.15, 0.2) is 0 Å². The van der Waals surface area contributed by atoms with Gasteiger partial charge in [-0.05, 0) is 36.4 Å². The monoisotopic (exact) mass is 468 g/mol. The second kappa shape index (κ2) is 11.0. The van der Waals surface area contributed by atoms with Crippen LogP contribution in [0.25, 0.3) is 0 Å². The van der Waals surface area contributed by atoms with Gasteiger partial charge in [0.25, 0.3) is 0 Å². The molecule has 0 saturated heterocycles. The second-order valence-corrected chi connectivity index (χ2v) is 6.49. The molecule has 164 valence electrons. The number of carbonyl (C=O) groups is 2. The van der Waals surface area contributed by atoms with E-state index in [0.717, 1.165) is 0 Å². The minimum Gasteiger partial charge on any atom is -0.465 e. The average Bonchev–Trinajstić information content (AvgIpc) is 2.75. The topological polar surface area (TPSA) is 165 Å². The van der Waals surface area contributed by atoms with Gasteiger partial charge in [-0.2, -0.15) is 5.48 Å². The molecule has 2 aromatic carbocycles. The van der Waals surface area contributed by atoms with Crippen LogP contribution in [0.1, 0.15) is 26.3 Å². The van der Waals surface area contributed by atoms with Crippen molar-refractivity contribution in [1.29, 1.82) is 5.41 Å². The summed E-state index contributed by atoms with van der Waals surface area (Å²) in [6.45, 7) is -0.165. The maximum atomic E-state index is 12.1. The van der Waals surface area contributed by atoms with Crippen LogP contribution < -0.4 is 16.9 Å². The van der Waals surface area contributed by atoms with Crippen molar-refractivity contribution in [3.8, 4) is 0 Å². The number of ether oxygens (including phenoxy) is 1. The number of halogens is 2. The Kier molecular flexibility index (Phi) is 8.43. The molecule has 11 nitrogen and oxygen atoms in total. The van der Waals surface area contributed by atoms with E-state index in [1.165, 1.54) is 31.4 Å². The molecule has 0 aliphatic heterocycles. The Morgan fingerprint density at radius 3 is 2.13 bits per heavy atom. The summed E-state index contributed by atoms with van der Waals surface area (Å²) in [6.07, 6.45) is 0. The molecule has 0 bridgehead atoms. The fraction of sp³-hybridized carbons (Fsp3) is 0.111. The molecule has 0 spiro atoms. The number of nitrogens with one attached hydrogen (secondary N) is 2. The molecule has 0 saturated carbocycles. The summed E-state index contributed by atoms with van der Waals surface area (Å²) in [4.78, 5) is 33.5. The summed E-state index contributed by atoms with van der Waals surface area (Å²) in [5, 5.41) is 12.5. The molecule has 13 heteroatoms. The normalized spacial score (nSPS) is 10.9. The van der Waals surface area contributed by atoms with Crippen LogP contribution in [0.3, 0.4) is 0 Å². The van der Waals surface area contributed by atoms with Crippen molar-refractivity contribution < 1.29 is 24.0 Å².